The fourth-order valence-corrected chi connectivity index (χ4v) is 2.12. The SMILES string of the molecule is COCCOc1ccc(F)cc1NC(=O)/C=C/c1ccccc1OC(F)F. The molecule has 0 saturated carbocycles. The summed E-state index contributed by atoms with van der Waals surface area (Å²) >= 11 is 0. The van der Waals surface area contributed by atoms with Gasteiger partial charge < -0.3 is 19.5 Å². The van der Waals surface area contributed by atoms with Crippen molar-refractivity contribution in [3.05, 3.63) is 59.9 Å². The zero-order chi connectivity index (χ0) is 19.6. The van der Waals surface area contributed by atoms with Crippen LogP contribution in [-0.2, 0) is 9.53 Å². The first-order valence-corrected chi connectivity index (χ1v) is 7.94. The van der Waals surface area contributed by atoms with Crippen molar-refractivity contribution in [1.82, 2.24) is 0 Å². The third-order valence-electron chi connectivity index (χ3n) is 3.29. The number of hydrogen-bond acceptors (Lipinski definition) is 4. The molecule has 2 aromatic carbocycles. The molecule has 8 heteroatoms. The molecule has 0 spiro atoms. The molecule has 0 aliphatic rings. The van der Waals surface area contributed by atoms with E-state index in [0.717, 1.165) is 12.1 Å². The lowest BCUT2D eigenvalue weighted by Crippen LogP contribution is -2.11. The van der Waals surface area contributed by atoms with E-state index < -0.39 is 18.3 Å². The number of amides is 1. The lowest BCUT2D eigenvalue weighted by molar-refractivity contribution is -0.111. The molecule has 0 aliphatic heterocycles. The summed E-state index contributed by atoms with van der Waals surface area (Å²) in [5.41, 5.74) is 0.432. The molecular formula is C19H18F3NO4. The van der Waals surface area contributed by atoms with Gasteiger partial charge in [0.25, 0.3) is 0 Å². The second kappa shape index (κ2) is 10.2. The molecule has 27 heavy (non-hydrogen) atoms. The molecule has 0 radical (unpaired) electrons. The quantitative estimate of drug-likeness (QED) is 0.525. The van der Waals surface area contributed by atoms with Crippen LogP contribution in [0.2, 0.25) is 0 Å². The van der Waals surface area contributed by atoms with E-state index in [2.05, 4.69) is 10.1 Å². The highest BCUT2D eigenvalue weighted by atomic mass is 19.3. The fourth-order valence-electron chi connectivity index (χ4n) is 2.12. The Hall–Kier alpha value is -3.00. The number of nitrogens with one attached hydrogen (secondary N) is 1. The Morgan fingerprint density at radius 2 is 1.93 bits per heavy atom. The van der Waals surface area contributed by atoms with Gasteiger partial charge in [0.2, 0.25) is 5.91 Å². The van der Waals surface area contributed by atoms with E-state index >= 15 is 0 Å². The maximum Gasteiger partial charge on any atom is 0.387 e. The number of ether oxygens (including phenoxy) is 3. The number of halogens is 3. The number of hydrogen-bond donors (Lipinski definition) is 1. The average molecular weight is 381 g/mol. The van der Waals surface area contributed by atoms with Gasteiger partial charge in [-0.2, -0.15) is 8.78 Å². The van der Waals surface area contributed by atoms with Crippen LogP contribution in [0.1, 0.15) is 5.56 Å². The van der Waals surface area contributed by atoms with Gasteiger partial charge in [-0.3, -0.25) is 4.79 Å². The van der Waals surface area contributed by atoms with Crippen molar-refractivity contribution in [3.8, 4) is 11.5 Å². The molecule has 0 aliphatic carbocycles. The normalized spacial score (nSPS) is 11.0. The molecule has 5 nitrogen and oxygen atoms in total. The maximum atomic E-state index is 13.5. The van der Waals surface area contributed by atoms with Crippen LogP contribution in [-0.4, -0.2) is 32.8 Å². The molecule has 0 fully saturated rings. The van der Waals surface area contributed by atoms with Crippen molar-refractivity contribution < 1.29 is 32.2 Å². The van der Waals surface area contributed by atoms with Crippen molar-refractivity contribution in [1.29, 1.82) is 0 Å². The van der Waals surface area contributed by atoms with Gasteiger partial charge in [-0.25, -0.2) is 4.39 Å². The highest BCUT2D eigenvalue weighted by molar-refractivity contribution is 6.02. The molecular weight excluding hydrogens is 363 g/mol. The smallest absolute Gasteiger partial charge is 0.387 e. The highest BCUT2D eigenvalue weighted by Crippen LogP contribution is 2.26. The molecule has 0 heterocycles. The van der Waals surface area contributed by atoms with Gasteiger partial charge in [0.15, 0.2) is 0 Å². The highest BCUT2D eigenvalue weighted by Gasteiger charge is 2.10. The Bertz CT molecular complexity index is 796. The van der Waals surface area contributed by atoms with Crippen LogP contribution in [0.3, 0.4) is 0 Å². The van der Waals surface area contributed by atoms with E-state index in [1.807, 2.05) is 0 Å². The van der Waals surface area contributed by atoms with E-state index in [1.54, 1.807) is 6.07 Å². The number of methoxy groups -OCH3 is 1. The molecule has 144 valence electrons. The summed E-state index contributed by atoms with van der Waals surface area (Å²) in [6.07, 6.45) is 2.44. The Labute approximate surface area is 154 Å². The molecule has 0 aromatic heterocycles. The summed E-state index contributed by atoms with van der Waals surface area (Å²) in [6.45, 7) is -2.43. The number of anilines is 1. The van der Waals surface area contributed by atoms with Gasteiger partial charge in [-0.1, -0.05) is 18.2 Å². The predicted molar refractivity (Wildman–Crippen MR) is 94.5 cm³/mol. The standard InChI is InChI=1S/C19H18F3NO4/c1-25-10-11-26-17-8-7-14(20)12-15(17)23-18(24)9-6-13-4-2-3-5-16(13)27-19(21)22/h2-9,12,19H,10-11H2,1H3,(H,23,24)/b9-6+. The van der Waals surface area contributed by atoms with Gasteiger partial charge in [0.05, 0.1) is 12.3 Å². The monoisotopic (exact) mass is 381 g/mol. The van der Waals surface area contributed by atoms with Crippen LogP contribution in [0.15, 0.2) is 48.5 Å². The number of para-hydroxylation sites is 1. The lowest BCUT2D eigenvalue weighted by atomic mass is 10.2. The molecule has 0 saturated heterocycles. The van der Waals surface area contributed by atoms with Gasteiger partial charge >= 0.3 is 6.61 Å². The zero-order valence-electron chi connectivity index (χ0n) is 14.5. The topological polar surface area (TPSA) is 56.8 Å². The van der Waals surface area contributed by atoms with E-state index in [0.29, 0.717) is 12.2 Å². The minimum absolute atomic E-state index is 0.0640. The van der Waals surface area contributed by atoms with Crippen LogP contribution in [0.4, 0.5) is 18.9 Å². The molecule has 0 bridgehead atoms. The summed E-state index contributed by atoms with van der Waals surface area (Å²) in [4.78, 5) is 12.1. The first kappa shape index (κ1) is 20.3. The van der Waals surface area contributed by atoms with Crippen LogP contribution >= 0.6 is 0 Å². The number of rotatable bonds is 9. The lowest BCUT2D eigenvalue weighted by Gasteiger charge is -2.11. The molecule has 2 aromatic rings. The van der Waals surface area contributed by atoms with Crippen LogP contribution in [0, 0.1) is 5.82 Å². The molecule has 1 amide bonds. The van der Waals surface area contributed by atoms with Crippen LogP contribution < -0.4 is 14.8 Å². The third kappa shape index (κ3) is 6.67. The minimum Gasteiger partial charge on any atom is -0.489 e. The van der Waals surface area contributed by atoms with Crippen molar-refractivity contribution in [3.63, 3.8) is 0 Å². The number of benzene rings is 2. The van der Waals surface area contributed by atoms with Crippen molar-refractivity contribution in [2.24, 2.45) is 0 Å². The second-order valence-corrected chi connectivity index (χ2v) is 5.22. The van der Waals surface area contributed by atoms with Crippen molar-refractivity contribution >= 4 is 17.7 Å². The Kier molecular flexibility index (Phi) is 7.69. The molecule has 2 rings (SSSR count). The summed E-state index contributed by atoms with van der Waals surface area (Å²) in [7, 11) is 1.51. The minimum atomic E-state index is -2.98. The Balaban J connectivity index is 2.10. The third-order valence-corrected chi connectivity index (χ3v) is 3.29. The van der Waals surface area contributed by atoms with Gasteiger partial charge in [-0.05, 0) is 24.3 Å². The van der Waals surface area contributed by atoms with Crippen LogP contribution in [0.25, 0.3) is 6.08 Å². The first-order valence-electron chi connectivity index (χ1n) is 7.94. The van der Waals surface area contributed by atoms with Crippen molar-refractivity contribution in [2.45, 2.75) is 6.61 Å². The number of carbonyl (C=O) groups excluding carboxylic acids is 1. The van der Waals surface area contributed by atoms with Gasteiger partial charge in [-0.15, -0.1) is 0 Å². The average Bonchev–Trinajstić information content (AvgIpc) is 2.62. The maximum absolute atomic E-state index is 13.5. The zero-order valence-corrected chi connectivity index (χ0v) is 14.5. The summed E-state index contributed by atoms with van der Waals surface area (Å²) < 4.78 is 53.0. The van der Waals surface area contributed by atoms with E-state index in [-0.39, 0.29) is 23.8 Å². The van der Waals surface area contributed by atoms with E-state index in [9.17, 15) is 18.0 Å². The van der Waals surface area contributed by atoms with Crippen LogP contribution in [0.5, 0.6) is 11.5 Å². The fraction of sp³-hybridized carbons (Fsp3) is 0.211. The van der Waals surface area contributed by atoms with Gasteiger partial charge in [0, 0.05) is 24.8 Å². The van der Waals surface area contributed by atoms with E-state index in [1.165, 1.54) is 43.5 Å². The second-order valence-electron chi connectivity index (χ2n) is 5.22. The summed E-state index contributed by atoms with van der Waals surface area (Å²) in [6, 6.07) is 9.72. The number of carbonyl (C=O) groups is 1. The Morgan fingerprint density at radius 1 is 1.15 bits per heavy atom. The largest absolute Gasteiger partial charge is 0.489 e. The molecule has 1 N–H and O–H groups in total. The van der Waals surface area contributed by atoms with E-state index in [4.69, 9.17) is 9.47 Å². The van der Waals surface area contributed by atoms with Crippen molar-refractivity contribution in [2.75, 3.05) is 25.6 Å². The Morgan fingerprint density at radius 3 is 2.67 bits per heavy atom. The summed E-state index contributed by atoms with van der Waals surface area (Å²) in [5, 5.41) is 2.49. The molecule has 0 atom stereocenters. The summed E-state index contributed by atoms with van der Waals surface area (Å²) in [5.74, 6) is -0.935. The van der Waals surface area contributed by atoms with Gasteiger partial charge in [0.1, 0.15) is 23.9 Å². The predicted octanol–water partition coefficient (Wildman–Crippen LogP) is 4.10. The first-order chi connectivity index (χ1) is 13.0. The number of alkyl halides is 2. The molecule has 0 unspecified atom stereocenters.